The molecule has 1 rings (SSSR count). The summed E-state index contributed by atoms with van der Waals surface area (Å²) >= 11 is 0. The summed E-state index contributed by atoms with van der Waals surface area (Å²) in [7, 11) is 0. The van der Waals surface area contributed by atoms with E-state index in [2.05, 4.69) is 0 Å². The Morgan fingerprint density at radius 3 is 2.26 bits per heavy atom. The maximum absolute atomic E-state index is 12.0. The summed E-state index contributed by atoms with van der Waals surface area (Å²) < 4.78 is 5.25. The Hall–Kier alpha value is -0.860. The molecule has 0 amide bonds. The van der Waals surface area contributed by atoms with Gasteiger partial charge in [0, 0.05) is 6.42 Å². The van der Waals surface area contributed by atoms with Crippen LogP contribution in [0.5, 0.6) is 0 Å². The van der Waals surface area contributed by atoms with Gasteiger partial charge in [0.2, 0.25) is 0 Å². The summed E-state index contributed by atoms with van der Waals surface area (Å²) in [6.07, 6.45) is 7.86. The Balaban J connectivity index is 2.33. The number of hydrogen-bond acceptors (Lipinski definition) is 3. The molecule has 0 aromatic rings. The fraction of sp³-hybridized carbons (Fsp3) is 0.875. The van der Waals surface area contributed by atoms with E-state index in [-0.39, 0.29) is 11.8 Å². The van der Waals surface area contributed by atoms with Crippen molar-refractivity contribution in [3.63, 3.8) is 0 Å². The number of ketones is 1. The van der Waals surface area contributed by atoms with Crippen molar-refractivity contribution in [3.05, 3.63) is 0 Å². The smallest absolute Gasteiger partial charge is 0.316 e. The molecule has 0 heterocycles. The number of carbonyl (C=O) groups excluding carboxylic acids is 2. The van der Waals surface area contributed by atoms with Crippen molar-refractivity contribution in [2.24, 2.45) is 11.8 Å². The Bertz CT molecular complexity index is 308. The maximum Gasteiger partial charge on any atom is 0.316 e. The third-order valence-electron chi connectivity index (χ3n) is 3.77. The molecular weight excluding hydrogens is 240 g/mol. The molecule has 3 nitrogen and oxygen atoms in total. The molecule has 1 aliphatic carbocycles. The highest BCUT2D eigenvalue weighted by molar-refractivity contribution is 5.98. The monoisotopic (exact) mass is 268 g/mol. The molecule has 1 saturated carbocycles. The van der Waals surface area contributed by atoms with Crippen LogP contribution in [-0.2, 0) is 14.3 Å². The van der Waals surface area contributed by atoms with Gasteiger partial charge in [-0.25, -0.2) is 0 Å². The van der Waals surface area contributed by atoms with E-state index in [4.69, 9.17) is 4.74 Å². The van der Waals surface area contributed by atoms with Crippen LogP contribution in [0, 0.1) is 11.8 Å². The summed E-state index contributed by atoms with van der Waals surface area (Å²) in [6, 6.07) is 0. The third kappa shape index (κ3) is 6.22. The topological polar surface area (TPSA) is 43.4 Å². The van der Waals surface area contributed by atoms with Gasteiger partial charge in [-0.05, 0) is 40.0 Å². The molecule has 0 aromatic carbocycles. The van der Waals surface area contributed by atoms with Crippen LogP contribution < -0.4 is 0 Å². The van der Waals surface area contributed by atoms with Gasteiger partial charge in [-0.2, -0.15) is 0 Å². The molecule has 19 heavy (non-hydrogen) atoms. The molecule has 0 spiro atoms. The molecule has 1 aliphatic rings. The van der Waals surface area contributed by atoms with Gasteiger partial charge in [-0.3, -0.25) is 9.59 Å². The largest absolute Gasteiger partial charge is 0.459 e. The molecule has 0 saturated heterocycles. The molecule has 110 valence electrons. The molecule has 0 aliphatic heterocycles. The minimum atomic E-state index is -0.622. The van der Waals surface area contributed by atoms with E-state index >= 15 is 0 Å². The van der Waals surface area contributed by atoms with Gasteiger partial charge in [0.1, 0.15) is 17.3 Å². The van der Waals surface area contributed by atoms with Crippen LogP contribution in [0.3, 0.4) is 0 Å². The van der Waals surface area contributed by atoms with E-state index in [0.29, 0.717) is 12.3 Å². The van der Waals surface area contributed by atoms with E-state index in [9.17, 15) is 9.59 Å². The SMILES string of the molecule is CC(C(=O)CCC1CCCCC1)C(=O)OC(C)(C)C. The summed E-state index contributed by atoms with van der Waals surface area (Å²) in [5, 5.41) is 0. The first-order valence-corrected chi connectivity index (χ1v) is 7.55. The van der Waals surface area contributed by atoms with Crippen LogP contribution in [0.1, 0.15) is 72.6 Å². The average Bonchev–Trinajstić information content (AvgIpc) is 2.34. The Kier molecular flexibility index (Phi) is 6.02. The Morgan fingerprint density at radius 2 is 1.74 bits per heavy atom. The zero-order valence-electron chi connectivity index (χ0n) is 12.8. The fourth-order valence-corrected chi connectivity index (χ4v) is 2.56. The minimum Gasteiger partial charge on any atom is -0.459 e. The number of esters is 1. The highest BCUT2D eigenvalue weighted by Crippen LogP contribution is 2.28. The van der Waals surface area contributed by atoms with Gasteiger partial charge in [0.05, 0.1) is 0 Å². The number of Topliss-reactive ketones (excluding diaryl/α,β-unsaturated/α-hetero) is 1. The normalized spacial score (nSPS) is 18.9. The number of rotatable bonds is 5. The zero-order valence-corrected chi connectivity index (χ0v) is 12.8. The Labute approximate surface area is 117 Å². The van der Waals surface area contributed by atoms with Gasteiger partial charge < -0.3 is 4.74 Å². The maximum atomic E-state index is 12.0. The summed E-state index contributed by atoms with van der Waals surface area (Å²) in [5.41, 5.74) is -0.519. The van der Waals surface area contributed by atoms with Crippen LogP contribution in [0.4, 0.5) is 0 Å². The molecule has 0 radical (unpaired) electrons. The van der Waals surface area contributed by atoms with Crippen molar-refractivity contribution < 1.29 is 14.3 Å². The molecule has 0 aromatic heterocycles. The van der Waals surface area contributed by atoms with Gasteiger partial charge in [0.15, 0.2) is 0 Å². The molecule has 1 fully saturated rings. The van der Waals surface area contributed by atoms with Crippen LogP contribution >= 0.6 is 0 Å². The van der Waals surface area contributed by atoms with Crippen molar-refractivity contribution in [2.45, 2.75) is 78.2 Å². The zero-order chi connectivity index (χ0) is 14.5. The lowest BCUT2D eigenvalue weighted by molar-refractivity contribution is -0.161. The van der Waals surface area contributed by atoms with E-state index in [0.717, 1.165) is 6.42 Å². The first-order valence-electron chi connectivity index (χ1n) is 7.55. The first kappa shape index (κ1) is 16.2. The van der Waals surface area contributed by atoms with Gasteiger partial charge in [0.25, 0.3) is 0 Å². The number of carbonyl (C=O) groups is 2. The lowest BCUT2D eigenvalue weighted by atomic mass is 9.85. The molecule has 1 unspecified atom stereocenters. The fourth-order valence-electron chi connectivity index (χ4n) is 2.56. The van der Waals surface area contributed by atoms with Crippen LogP contribution in [0.15, 0.2) is 0 Å². The Morgan fingerprint density at radius 1 is 1.16 bits per heavy atom. The van der Waals surface area contributed by atoms with E-state index in [1.165, 1.54) is 32.1 Å². The summed E-state index contributed by atoms with van der Waals surface area (Å²) in [6.45, 7) is 7.13. The van der Waals surface area contributed by atoms with Crippen molar-refractivity contribution in [1.29, 1.82) is 0 Å². The highest BCUT2D eigenvalue weighted by atomic mass is 16.6. The lowest BCUT2D eigenvalue weighted by Gasteiger charge is -2.23. The average molecular weight is 268 g/mol. The standard InChI is InChI=1S/C16H28O3/c1-12(15(18)19-16(2,3)4)14(17)11-10-13-8-6-5-7-9-13/h12-13H,5-11H2,1-4H3. The summed E-state index contributed by atoms with van der Waals surface area (Å²) in [4.78, 5) is 23.8. The molecular formula is C16H28O3. The van der Waals surface area contributed by atoms with E-state index in [1.807, 2.05) is 20.8 Å². The lowest BCUT2D eigenvalue weighted by Crippen LogP contribution is -2.31. The van der Waals surface area contributed by atoms with Crippen molar-refractivity contribution in [3.8, 4) is 0 Å². The molecule has 1 atom stereocenters. The second-order valence-electron chi connectivity index (χ2n) is 6.76. The van der Waals surface area contributed by atoms with Gasteiger partial charge >= 0.3 is 5.97 Å². The third-order valence-corrected chi connectivity index (χ3v) is 3.77. The number of hydrogen-bond donors (Lipinski definition) is 0. The second kappa shape index (κ2) is 7.06. The molecule has 0 bridgehead atoms. The minimum absolute atomic E-state index is 0.0276. The van der Waals surface area contributed by atoms with E-state index < -0.39 is 11.5 Å². The molecule has 3 heteroatoms. The highest BCUT2D eigenvalue weighted by Gasteiger charge is 2.27. The first-order chi connectivity index (χ1) is 8.79. The van der Waals surface area contributed by atoms with Crippen molar-refractivity contribution >= 4 is 11.8 Å². The van der Waals surface area contributed by atoms with Crippen molar-refractivity contribution in [1.82, 2.24) is 0 Å². The van der Waals surface area contributed by atoms with Crippen LogP contribution in [0.2, 0.25) is 0 Å². The van der Waals surface area contributed by atoms with E-state index in [1.54, 1.807) is 6.92 Å². The number of ether oxygens (including phenoxy) is 1. The second-order valence-corrected chi connectivity index (χ2v) is 6.76. The summed E-state index contributed by atoms with van der Waals surface area (Å²) in [5.74, 6) is -0.299. The van der Waals surface area contributed by atoms with Gasteiger partial charge in [-0.15, -0.1) is 0 Å². The molecule has 0 N–H and O–H groups in total. The van der Waals surface area contributed by atoms with Crippen LogP contribution in [0.25, 0.3) is 0 Å². The predicted molar refractivity (Wildman–Crippen MR) is 75.8 cm³/mol. The van der Waals surface area contributed by atoms with Crippen molar-refractivity contribution in [2.75, 3.05) is 0 Å². The van der Waals surface area contributed by atoms with Crippen LogP contribution in [-0.4, -0.2) is 17.4 Å². The predicted octanol–water partition coefficient (Wildman–Crippen LogP) is 3.89. The van der Waals surface area contributed by atoms with Gasteiger partial charge in [-0.1, -0.05) is 32.1 Å². The quantitative estimate of drug-likeness (QED) is 0.561.